The van der Waals surface area contributed by atoms with Crippen molar-refractivity contribution in [3.63, 3.8) is 0 Å². The van der Waals surface area contributed by atoms with Crippen molar-refractivity contribution in [1.29, 1.82) is 0 Å². The van der Waals surface area contributed by atoms with Crippen molar-refractivity contribution in [3.8, 4) is 0 Å². The number of anilines is 1. The number of fused-ring (bicyclic) bond motifs is 1. The summed E-state index contributed by atoms with van der Waals surface area (Å²) in [5.41, 5.74) is 2.20. The quantitative estimate of drug-likeness (QED) is 0.602. The predicted molar refractivity (Wildman–Crippen MR) is 104 cm³/mol. The molecule has 0 aliphatic rings. The van der Waals surface area contributed by atoms with E-state index in [-0.39, 0.29) is 11.5 Å². The maximum atomic E-state index is 12.4. The number of nitrogens with zero attached hydrogens (tertiary/aromatic N) is 2. The molecule has 4 rings (SSSR count). The zero-order chi connectivity index (χ0) is 17.9. The highest BCUT2D eigenvalue weighted by molar-refractivity contribution is 7.16. The number of thiophene rings is 1. The lowest BCUT2D eigenvalue weighted by Gasteiger charge is -2.08. The third-order valence-corrected chi connectivity index (χ3v) is 4.87. The monoisotopic (exact) mass is 361 g/mol. The Balaban J connectivity index is 1.51. The Kier molecular flexibility index (Phi) is 4.33. The molecule has 128 valence electrons. The van der Waals surface area contributed by atoms with E-state index in [0.29, 0.717) is 17.5 Å². The molecule has 0 spiro atoms. The van der Waals surface area contributed by atoms with E-state index in [0.717, 1.165) is 16.1 Å². The Morgan fingerprint density at radius 2 is 1.81 bits per heavy atom. The Labute approximate surface area is 153 Å². The first-order chi connectivity index (χ1) is 12.7. The molecule has 6 heteroatoms. The Hall–Kier alpha value is -3.25. The molecule has 26 heavy (non-hydrogen) atoms. The lowest BCUT2D eigenvalue weighted by atomic mass is 10.1. The summed E-state index contributed by atoms with van der Waals surface area (Å²) in [6, 6.07) is 18.3. The third-order valence-electron chi connectivity index (χ3n) is 4.05. The molecule has 0 saturated heterocycles. The molecule has 0 aliphatic carbocycles. The summed E-state index contributed by atoms with van der Waals surface area (Å²) in [5, 5.41) is 5.35. The second kappa shape index (κ2) is 6.93. The molecule has 2 heterocycles. The number of benzene rings is 2. The molecular formula is C20H15N3O2S. The van der Waals surface area contributed by atoms with Crippen LogP contribution < -0.4 is 10.9 Å². The van der Waals surface area contributed by atoms with Gasteiger partial charge in [-0.2, -0.15) is 0 Å². The van der Waals surface area contributed by atoms with Gasteiger partial charge in [-0.1, -0.05) is 30.3 Å². The summed E-state index contributed by atoms with van der Waals surface area (Å²) >= 11 is 1.45. The van der Waals surface area contributed by atoms with E-state index in [1.807, 2.05) is 47.8 Å². The van der Waals surface area contributed by atoms with Gasteiger partial charge in [0.1, 0.15) is 4.83 Å². The van der Waals surface area contributed by atoms with Crippen molar-refractivity contribution in [2.24, 2.45) is 0 Å². The number of amides is 1. The van der Waals surface area contributed by atoms with Crippen LogP contribution in [0.5, 0.6) is 0 Å². The lowest BCUT2D eigenvalue weighted by Crippen LogP contribution is -2.20. The van der Waals surface area contributed by atoms with Crippen molar-refractivity contribution in [3.05, 3.63) is 93.9 Å². The number of carbonyl (C=O) groups excluding carboxylic acids is 1. The zero-order valence-electron chi connectivity index (χ0n) is 13.8. The van der Waals surface area contributed by atoms with Crippen LogP contribution in [0.25, 0.3) is 10.2 Å². The number of nitrogens with one attached hydrogen (secondary N) is 1. The molecule has 5 nitrogen and oxygen atoms in total. The number of carbonyl (C=O) groups is 1. The zero-order valence-corrected chi connectivity index (χ0v) is 14.6. The number of aromatic nitrogens is 2. The summed E-state index contributed by atoms with van der Waals surface area (Å²) in [7, 11) is 0. The maximum absolute atomic E-state index is 12.4. The van der Waals surface area contributed by atoms with Gasteiger partial charge in [0.15, 0.2) is 0 Å². The number of rotatable bonds is 4. The maximum Gasteiger partial charge on any atom is 0.262 e. The second-order valence-electron chi connectivity index (χ2n) is 5.83. The van der Waals surface area contributed by atoms with E-state index in [1.165, 1.54) is 11.3 Å². The van der Waals surface area contributed by atoms with Crippen molar-refractivity contribution in [1.82, 2.24) is 9.55 Å². The molecule has 0 fully saturated rings. The molecule has 0 atom stereocenters. The molecular weight excluding hydrogens is 346 g/mol. The fourth-order valence-corrected chi connectivity index (χ4v) is 3.41. The van der Waals surface area contributed by atoms with Crippen molar-refractivity contribution >= 4 is 33.1 Å². The van der Waals surface area contributed by atoms with Gasteiger partial charge in [-0.3, -0.25) is 14.2 Å². The first-order valence-corrected chi connectivity index (χ1v) is 8.97. The normalized spacial score (nSPS) is 10.8. The molecule has 1 amide bonds. The molecule has 0 aliphatic heterocycles. The van der Waals surface area contributed by atoms with E-state index >= 15 is 0 Å². The van der Waals surface area contributed by atoms with E-state index in [2.05, 4.69) is 10.3 Å². The molecule has 0 radical (unpaired) electrons. The van der Waals surface area contributed by atoms with Crippen molar-refractivity contribution in [2.45, 2.75) is 6.54 Å². The molecule has 2 aromatic carbocycles. The fraction of sp³-hybridized carbons (Fsp3) is 0.0500. The van der Waals surface area contributed by atoms with Crippen LogP contribution in [0, 0.1) is 0 Å². The van der Waals surface area contributed by atoms with Crippen LogP contribution in [0.4, 0.5) is 5.69 Å². The van der Waals surface area contributed by atoms with E-state index in [1.54, 1.807) is 29.1 Å². The molecule has 0 unspecified atom stereocenters. The summed E-state index contributed by atoms with van der Waals surface area (Å²) in [4.78, 5) is 29.8. The number of para-hydroxylation sites is 1. The number of hydrogen-bond acceptors (Lipinski definition) is 4. The predicted octanol–water partition coefficient (Wildman–Crippen LogP) is 3.76. The Bertz CT molecular complexity index is 1120. The Morgan fingerprint density at radius 3 is 2.58 bits per heavy atom. The van der Waals surface area contributed by atoms with Gasteiger partial charge in [0.25, 0.3) is 11.5 Å². The third kappa shape index (κ3) is 3.27. The van der Waals surface area contributed by atoms with Gasteiger partial charge in [-0.25, -0.2) is 4.98 Å². The van der Waals surface area contributed by atoms with E-state index < -0.39 is 0 Å². The first-order valence-electron chi connectivity index (χ1n) is 8.09. The summed E-state index contributed by atoms with van der Waals surface area (Å²) in [6.07, 6.45) is 1.57. The molecule has 4 aromatic rings. The minimum Gasteiger partial charge on any atom is -0.322 e. The van der Waals surface area contributed by atoms with Crippen LogP contribution in [0.15, 0.2) is 77.2 Å². The highest BCUT2D eigenvalue weighted by Crippen LogP contribution is 2.14. The molecule has 1 N–H and O–H groups in total. The van der Waals surface area contributed by atoms with Gasteiger partial charge in [0, 0.05) is 11.3 Å². The number of hydrogen-bond donors (Lipinski definition) is 1. The van der Waals surface area contributed by atoms with Gasteiger partial charge in [-0.05, 0) is 41.3 Å². The van der Waals surface area contributed by atoms with Crippen molar-refractivity contribution in [2.75, 3.05) is 5.32 Å². The molecule has 0 saturated carbocycles. The van der Waals surface area contributed by atoms with E-state index in [9.17, 15) is 9.59 Å². The highest BCUT2D eigenvalue weighted by Gasteiger charge is 2.08. The van der Waals surface area contributed by atoms with Gasteiger partial charge < -0.3 is 5.32 Å². The van der Waals surface area contributed by atoms with Crippen LogP contribution in [-0.4, -0.2) is 15.5 Å². The average Bonchev–Trinajstić information content (AvgIpc) is 3.15. The standard InChI is InChI=1S/C20H15N3O2S/c24-18(22-16-4-2-1-3-5-16)15-8-6-14(7-9-15)12-23-13-21-19-17(20(23)25)10-11-26-19/h1-11,13H,12H2,(H,22,24). The first kappa shape index (κ1) is 16.2. The smallest absolute Gasteiger partial charge is 0.262 e. The summed E-state index contributed by atoms with van der Waals surface area (Å²) in [5.74, 6) is -0.165. The van der Waals surface area contributed by atoms with Crippen LogP contribution in [0.2, 0.25) is 0 Å². The summed E-state index contributed by atoms with van der Waals surface area (Å²) < 4.78 is 1.58. The van der Waals surface area contributed by atoms with E-state index in [4.69, 9.17) is 0 Å². The fourth-order valence-electron chi connectivity index (χ4n) is 2.69. The average molecular weight is 361 g/mol. The SMILES string of the molecule is O=C(Nc1ccccc1)c1ccc(Cn2cnc3sccc3c2=O)cc1. The van der Waals surface area contributed by atoms with Crippen molar-refractivity contribution < 1.29 is 4.79 Å². The van der Waals surface area contributed by atoms with Crippen LogP contribution in [0.1, 0.15) is 15.9 Å². The molecule has 2 aromatic heterocycles. The molecule has 0 bridgehead atoms. The van der Waals surface area contributed by atoms with Gasteiger partial charge in [0.2, 0.25) is 0 Å². The van der Waals surface area contributed by atoms with Crippen LogP contribution >= 0.6 is 11.3 Å². The second-order valence-corrected chi connectivity index (χ2v) is 6.73. The largest absolute Gasteiger partial charge is 0.322 e. The topological polar surface area (TPSA) is 64.0 Å². The minimum absolute atomic E-state index is 0.0536. The van der Waals surface area contributed by atoms with Gasteiger partial charge >= 0.3 is 0 Å². The van der Waals surface area contributed by atoms with Crippen LogP contribution in [-0.2, 0) is 6.54 Å². The van der Waals surface area contributed by atoms with Gasteiger partial charge in [0.05, 0.1) is 18.3 Å². The van der Waals surface area contributed by atoms with Crippen LogP contribution in [0.3, 0.4) is 0 Å². The van der Waals surface area contributed by atoms with Gasteiger partial charge in [-0.15, -0.1) is 11.3 Å². The highest BCUT2D eigenvalue weighted by atomic mass is 32.1. The minimum atomic E-state index is -0.165. The lowest BCUT2D eigenvalue weighted by molar-refractivity contribution is 0.102. The summed E-state index contributed by atoms with van der Waals surface area (Å²) in [6.45, 7) is 0.415. The Morgan fingerprint density at radius 1 is 1.04 bits per heavy atom.